The molecule has 7 nitrogen and oxygen atoms in total. The topological polar surface area (TPSA) is 90.2 Å². The summed E-state index contributed by atoms with van der Waals surface area (Å²) in [6.07, 6.45) is 1.58. The molecular weight excluding hydrogens is 346 g/mol. The number of nitrogens with zero attached hydrogens (tertiary/aromatic N) is 2. The fourth-order valence-electron chi connectivity index (χ4n) is 2.86. The normalized spacial score (nSPS) is 10.9. The molecule has 0 aliphatic rings. The molecule has 0 atom stereocenters. The Labute approximate surface area is 154 Å². The van der Waals surface area contributed by atoms with Gasteiger partial charge in [-0.1, -0.05) is 17.3 Å². The maximum Gasteiger partial charge on any atom is 0.263 e. The lowest BCUT2D eigenvalue weighted by molar-refractivity contribution is 0.311. The van der Waals surface area contributed by atoms with Gasteiger partial charge in [-0.05, 0) is 37.3 Å². The van der Waals surface area contributed by atoms with Gasteiger partial charge in [0, 0.05) is 22.7 Å². The third kappa shape index (κ3) is 3.03. The third-order valence-electron chi connectivity index (χ3n) is 4.17. The van der Waals surface area contributed by atoms with E-state index in [9.17, 15) is 4.79 Å². The highest BCUT2D eigenvalue weighted by molar-refractivity contribution is 5.82. The molecule has 0 unspecified atom stereocenters. The van der Waals surface area contributed by atoms with Gasteiger partial charge in [0.15, 0.2) is 11.5 Å². The Balaban J connectivity index is 1.74. The molecule has 0 radical (unpaired) electrons. The number of aromatic amines is 1. The van der Waals surface area contributed by atoms with E-state index in [2.05, 4.69) is 15.1 Å². The number of para-hydroxylation sites is 1. The molecule has 0 fully saturated rings. The van der Waals surface area contributed by atoms with Crippen molar-refractivity contribution >= 4 is 10.9 Å². The van der Waals surface area contributed by atoms with Gasteiger partial charge in [0.25, 0.3) is 5.89 Å². The van der Waals surface area contributed by atoms with Gasteiger partial charge in [-0.15, -0.1) is 0 Å². The molecule has 0 saturated heterocycles. The first-order chi connectivity index (χ1) is 13.2. The maximum atomic E-state index is 12.7. The first-order valence-corrected chi connectivity index (χ1v) is 8.47. The number of benzene rings is 2. The number of ether oxygens (including phenoxy) is 2. The lowest BCUT2D eigenvalue weighted by Crippen LogP contribution is -2.06. The number of nitrogens with one attached hydrogen (secondary N) is 1. The van der Waals surface area contributed by atoms with Crippen LogP contribution in [-0.4, -0.2) is 28.8 Å². The number of fused-ring (bicyclic) bond motifs is 1. The van der Waals surface area contributed by atoms with Gasteiger partial charge < -0.3 is 19.0 Å². The first kappa shape index (κ1) is 16.8. The number of aromatic nitrogens is 3. The van der Waals surface area contributed by atoms with Crippen LogP contribution in [-0.2, 0) is 0 Å². The van der Waals surface area contributed by atoms with Crippen molar-refractivity contribution < 1.29 is 14.0 Å². The zero-order valence-corrected chi connectivity index (χ0v) is 14.9. The van der Waals surface area contributed by atoms with Gasteiger partial charge in [-0.25, -0.2) is 0 Å². The molecule has 0 spiro atoms. The molecule has 2 aromatic carbocycles. The summed E-state index contributed by atoms with van der Waals surface area (Å²) < 4.78 is 16.2. The highest BCUT2D eigenvalue weighted by atomic mass is 16.5. The van der Waals surface area contributed by atoms with Crippen molar-refractivity contribution in [3.8, 4) is 34.3 Å². The van der Waals surface area contributed by atoms with Crippen LogP contribution in [0.4, 0.5) is 0 Å². The lowest BCUT2D eigenvalue weighted by atomic mass is 10.1. The van der Waals surface area contributed by atoms with E-state index in [1.807, 2.05) is 31.2 Å². The second-order valence-corrected chi connectivity index (χ2v) is 5.80. The monoisotopic (exact) mass is 363 g/mol. The zero-order chi connectivity index (χ0) is 18.8. The zero-order valence-electron chi connectivity index (χ0n) is 14.9. The average molecular weight is 363 g/mol. The molecule has 7 heteroatoms. The van der Waals surface area contributed by atoms with Crippen molar-refractivity contribution in [2.45, 2.75) is 6.92 Å². The van der Waals surface area contributed by atoms with E-state index in [1.54, 1.807) is 31.5 Å². The summed E-state index contributed by atoms with van der Waals surface area (Å²) in [4.78, 5) is 20.2. The van der Waals surface area contributed by atoms with Gasteiger partial charge in [0.1, 0.15) is 5.56 Å². The summed E-state index contributed by atoms with van der Waals surface area (Å²) in [5.41, 5.74) is 1.61. The van der Waals surface area contributed by atoms with E-state index < -0.39 is 0 Å². The van der Waals surface area contributed by atoms with Crippen molar-refractivity contribution in [3.63, 3.8) is 0 Å². The summed E-state index contributed by atoms with van der Waals surface area (Å²) in [5.74, 6) is 1.73. The molecule has 0 saturated carbocycles. The Hall–Kier alpha value is -3.61. The average Bonchev–Trinajstić information content (AvgIpc) is 3.19. The Morgan fingerprint density at radius 3 is 2.81 bits per heavy atom. The van der Waals surface area contributed by atoms with Crippen LogP contribution in [0.1, 0.15) is 6.92 Å². The molecule has 2 aromatic heterocycles. The molecule has 27 heavy (non-hydrogen) atoms. The quantitative estimate of drug-likeness (QED) is 0.582. The van der Waals surface area contributed by atoms with Crippen molar-refractivity contribution in [3.05, 3.63) is 58.9 Å². The maximum absolute atomic E-state index is 12.7. The van der Waals surface area contributed by atoms with Crippen LogP contribution in [0.25, 0.3) is 33.7 Å². The minimum Gasteiger partial charge on any atom is -0.493 e. The molecule has 1 N–H and O–H groups in total. The number of methoxy groups -OCH3 is 1. The van der Waals surface area contributed by atoms with E-state index in [0.717, 1.165) is 5.52 Å². The summed E-state index contributed by atoms with van der Waals surface area (Å²) in [6.45, 7) is 2.44. The molecule has 0 bridgehead atoms. The van der Waals surface area contributed by atoms with Crippen molar-refractivity contribution in [1.29, 1.82) is 0 Å². The van der Waals surface area contributed by atoms with Crippen LogP contribution in [0.15, 0.2) is 58.0 Å². The molecule has 0 amide bonds. The van der Waals surface area contributed by atoms with E-state index in [-0.39, 0.29) is 11.3 Å². The summed E-state index contributed by atoms with van der Waals surface area (Å²) in [7, 11) is 1.57. The minimum atomic E-state index is -0.163. The number of rotatable bonds is 5. The largest absolute Gasteiger partial charge is 0.493 e. The molecular formula is C20H17N3O4. The van der Waals surface area contributed by atoms with Crippen molar-refractivity contribution in [1.82, 2.24) is 15.1 Å². The number of hydrogen-bond acceptors (Lipinski definition) is 6. The van der Waals surface area contributed by atoms with E-state index in [0.29, 0.717) is 40.4 Å². The summed E-state index contributed by atoms with van der Waals surface area (Å²) in [5, 5.41) is 4.57. The van der Waals surface area contributed by atoms with Crippen LogP contribution in [0.5, 0.6) is 11.5 Å². The van der Waals surface area contributed by atoms with Gasteiger partial charge in [-0.3, -0.25) is 4.79 Å². The Bertz CT molecular complexity index is 1160. The predicted octanol–water partition coefficient (Wildman–Crippen LogP) is 3.65. The van der Waals surface area contributed by atoms with Gasteiger partial charge in [0.2, 0.25) is 11.3 Å². The van der Waals surface area contributed by atoms with Gasteiger partial charge in [0.05, 0.1) is 13.7 Å². The van der Waals surface area contributed by atoms with Crippen LogP contribution >= 0.6 is 0 Å². The molecule has 2 heterocycles. The minimum absolute atomic E-state index is 0.157. The Morgan fingerprint density at radius 2 is 2.00 bits per heavy atom. The van der Waals surface area contributed by atoms with Crippen LogP contribution in [0.3, 0.4) is 0 Å². The highest BCUT2D eigenvalue weighted by Crippen LogP contribution is 2.32. The van der Waals surface area contributed by atoms with Gasteiger partial charge in [-0.2, -0.15) is 4.98 Å². The number of hydrogen-bond donors (Lipinski definition) is 1. The molecule has 0 aliphatic carbocycles. The number of pyridine rings is 1. The van der Waals surface area contributed by atoms with Gasteiger partial charge >= 0.3 is 0 Å². The van der Waals surface area contributed by atoms with E-state index >= 15 is 0 Å². The van der Waals surface area contributed by atoms with E-state index in [1.165, 1.54) is 0 Å². The Kier molecular flexibility index (Phi) is 4.33. The smallest absolute Gasteiger partial charge is 0.263 e. The second kappa shape index (κ2) is 6.95. The lowest BCUT2D eigenvalue weighted by Gasteiger charge is -2.09. The third-order valence-corrected chi connectivity index (χ3v) is 4.17. The number of H-pyrrole nitrogens is 1. The van der Waals surface area contributed by atoms with Crippen LogP contribution < -0.4 is 14.9 Å². The fourth-order valence-corrected chi connectivity index (χ4v) is 2.86. The standard InChI is InChI=1S/C20H17N3O4/c1-3-26-16-9-8-12(10-17(16)25-2)19-22-20(27-23-19)14-11-21-15-7-5-4-6-13(15)18(14)24/h4-11H,3H2,1-2H3,(H,21,24). The molecule has 4 rings (SSSR count). The molecule has 4 aromatic rings. The van der Waals surface area contributed by atoms with Crippen LogP contribution in [0.2, 0.25) is 0 Å². The molecule has 0 aliphatic heterocycles. The predicted molar refractivity (Wildman–Crippen MR) is 101 cm³/mol. The SMILES string of the molecule is CCOc1ccc(-c2noc(-c3c[nH]c4ccccc4c3=O)n2)cc1OC. The fraction of sp³-hybridized carbons (Fsp3) is 0.150. The van der Waals surface area contributed by atoms with Crippen molar-refractivity contribution in [2.24, 2.45) is 0 Å². The van der Waals surface area contributed by atoms with Crippen LogP contribution in [0, 0.1) is 0 Å². The first-order valence-electron chi connectivity index (χ1n) is 8.47. The molecule has 136 valence electrons. The second-order valence-electron chi connectivity index (χ2n) is 5.80. The summed E-state index contributed by atoms with van der Waals surface area (Å²) in [6, 6.07) is 12.6. The van der Waals surface area contributed by atoms with Crippen molar-refractivity contribution in [2.75, 3.05) is 13.7 Å². The Morgan fingerprint density at radius 1 is 1.15 bits per heavy atom. The summed E-state index contributed by atoms with van der Waals surface area (Å²) >= 11 is 0. The highest BCUT2D eigenvalue weighted by Gasteiger charge is 2.16. The van der Waals surface area contributed by atoms with E-state index in [4.69, 9.17) is 14.0 Å².